The number of nitrogens with one attached hydrogen (secondary N) is 2. The predicted octanol–water partition coefficient (Wildman–Crippen LogP) is 4.64. The van der Waals surface area contributed by atoms with E-state index >= 15 is 0 Å². The van der Waals surface area contributed by atoms with Gasteiger partial charge in [-0.3, -0.25) is 5.43 Å². The lowest BCUT2D eigenvalue weighted by atomic mass is 10.1. The lowest BCUT2D eigenvalue weighted by Gasteiger charge is -2.14. The van der Waals surface area contributed by atoms with Crippen LogP contribution in [0.25, 0.3) is 0 Å². The maximum atomic E-state index is 12.9. The molecule has 24 heavy (non-hydrogen) atoms. The van der Waals surface area contributed by atoms with E-state index in [1.807, 2.05) is 32.0 Å². The van der Waals surface area contributed by atoms with Crippen molar-refractivity contribution in [1.29, 1.82) is 0 Å². The average molecular weight is 351 g/mol. The number of hydrogen-bond donors (Lipinski definition) is 2. The third kappa shape index (κ3) is 4.79. The van der Waals surface area contributed by atoms with E-state index in [1.54, 1.807) is 6.21 Å². The van der Waals surface area contributed by atoms with Gasteiger partial charge in [0.15, 0.2) is 5.11 Å². The second-order valence-electron chi connectivity index (χ2n) is 5.23. The molecule has 0 saturated heterocycles. The van der Waals surface area contributed by atoms with Gasteiger partial charge in [-0.1, -0.05) is 35.9 Å². The number of halogens is 3. The van der Waals surface area contributed by atoms with Crippen molar-refractivity contribution >= 4 is 29.2 Å². The van der Waals surface area contributed by atoms with Gasteiger partial charge < -0.3 is 5.32 Å². The standard InChI is InChI=1S/C17H16F3N3S/c1-11-7-8-13(12(2)9-11)10-21-23-16(24)22-15-6-4-3-5-14(15)17(18,19)20/h3-10H,1-2H3,(H2,22,23,24)/b21-10-. The van der Waals surface area contributed by atoms with Crippen molar-refractivity contribution in [2.45, 2.75) is 20.0 Å². The molecule has 126 valence electrons. The molecule has 0 aromatic heterocycles. The summed E-state index contributed by atoms with van der Waals surface area (Å²) in [6.45, 7) is 3.94. The monoisotopic (exact) mass is 351 g/mol. The summed E-state index contributed by atoms with van der Waals surface area (Å²) in [5, 5.41) is 6.45. The minimum Gasteiger partial charge on any atom is -0.331 e. The minimum absolute atomic E-state index is 0.0206. The van der Waals surface area contributed by atoms with Crippen molar-refractivity contribution in [3.8, 4) is 0 Å². The van der Waals surface area contributed by atoms with E-state index in [-0.39, 0.29) is 10.8 Å². The van der Waals surface area contributed by atoms with Gasteiger partial charge in [-0.15, -0.1) is 0 Å². The Labute approximate surface area is 143 Å². The first-order valence-electron chi connectivity index (χ1n) is 7.11. The lowest BCUT2D eigenvalue weighted by Crippen LogP contribution is -2.25. The molecule has 3 nitrogen and oxygen atoms in total. The van der Waals surface area contributed by atoms with Gasteiger partial charge in [-0.05, 0) is 49.3 Å². The molecule has 0 aliphatic carbocycles. The van der Waals surface area contributed by atoms with Crippen LogP contribution in [0.1, 0.15) is 22.3 Å². The molecule has 0 amide bonds. The average Bonchev–Trinajstić information content (AvgIpc) is 2.49. The van der Waals surface area contributed by atoms with Crippen molar-refractivity contribution in [2.24, 2.45) is 5.10 Å². The molecule has 0 radical (unpaired) electrons. The highest BCUT2D eigenvalue weighted by molar-refractivity contribution is 7.80. The largest absolute Gasteiger partial charge is 0.418 e. The molecular formula is C17H16F3N3S. The lowest BCUT2D eigenvalue weighted by molar-refractivity contribution is -0.136. The molecule has 2 N–H and O–H groups in total. The second kappa shape index (κ2) is 7.44. The van der Waals surface area contributed by atoms with E-state index in [0.29, 0.717) is 0 Å². The summed E-state index contributed by atoms with van der Waals surface area (Å²) in [4.78, 5) is 0. The molecule has 0 saturated carbocycles. The molecule has 0 spiro atoms. The van der Waals surface area contributed by atoms with Crippen LogP contribution in [-0.2, 0) is 6.18 Å². The number of hydrazone groups is 1. The third-order valence-corrected chi connectivity index (χ3v) is 3.47. The molecule has 0 bridgehead atoms. The number of alkyl halides is 3. The van der Waals surface area contributed by atoms with Crippen LogP contribution in [0.4, 0.5) is 18.9 Å². The Morgan fingerprint density at radius 2 is 1.83 bits per heavy atom. The van der Waals surface area contributed by atoms with Crippen molar-refractivity contribution in [3.63, 3.8) is 0 Å². The van der Waals surface area contributed by atoms with Gasteiger partial charge >= 0.3 is 6.18 Å². The zero-order chi connectivity index (χ0) is 17.7. The first-order chi connectivity index (χ1) is 11.3. The number of benzene rings is 2. The molecule has 0 heterocycles. The Balaban J connectivity index is 2.03. The summed E-state index contributed by atoms with van der Waals surface area (Å²) >= 11 is 4.98. The normalized spacial score (nSPS) is 11.5. The second-order valence-corrected chi connectivity index (χ2v) is 5.64. The number of rotatable bonds is 3. The van der Waals surface area contributed by atoms with Gasteiger partial charge in [-0.25, -0.2) is 0 Å². The zero-order valence-corrected chi connectivity index (χ0v) is 13.9. The van der Waals surface area contributed by atoms with Crippen LogP contribution >= 0.6 is 12.2 Å². The summed E-state index contributed by atoms with van der Waals surface area (Å²) in [6.07, 6.45) is -2.89. The van der Waals surface area contributed by atoms with Crippen LogP contribution in [0, 0.1) is 13.8 Å². The number of nitrogens with zero attached hydrogens (tertiary/aromatic N) is 1. The van der Waals surface area contributed by atoms with E-state index < -0.39 is 11.7 Å². The topological polar surface area (TPSA) is 36.4 Å². The fraction of sp³-hybridized carbons (Fsp3) is 0.176. The smallest absolute Gasteiger partial charge is 0.331 e. The molecule has 0 aliphatic rings. The minimum atomic E-state index is -4.46. The molecule has 0 aliphatic heterocycles. The Kier molecular flexibility index (Phi) is 5.56. The number of aryl methyl sites for hydroxylation is 2. The molecular weight excluding hydrogens is 335 g/mol. The fourth-order valence-corrected chi connectivity index (χ4v) is 2.28. The van der Waals surface area contributed by atoms with Crippen molar-refractivity contribution in [2.75, 3.05) is 5.32 Å². The SMILES string of the molecule is Cc1ccc(/C=N\NC(=S)Nc2ccccc2C(F)(F)F)c(C)c1. The van der Waals surface area contributed by atoms with E-state index in [4.69, 9.17) is 12.2 Å². The Morgan fingerprint density at radius 1 is 1.12 bits per heavy atom. The molecule has 0 unspecified atom stereocenters. The molecule has 0 fully saturated rings. The highest BCUT2D eigenvalue weighted by atomic mass is 32.1. The zero-order valence-electron chi connectivity index (χ0n) is 13.1. The Bertz CT molecular complexity index is 770. The number of anilines is 1. The van der Waals surface area contributed by atoms with Crippen molar-refractivity contribution in [1.82, 2.24) is 5.43 Å². The summed E-state index contributed by atoms with van der Waals surface area (Å²) in [5.41, 5.74) is 4.69. The first kappa shape index (κ1) is 17.9. The van der Waals surface area contributed by atoms with Gasteiger partial charge in [0, 0.05) is 0 Å². The molecule has 7 heteroatoms. The van der Waals surface area contributed by atoms with Gasteiger partial charge in [0.1, 0.15) is 0 Å². The molecule has 2 rings (SSSR count). The maximum absolute atomic E-state index is 12.9. The fourth-order valence-electron chi connectivity index (χ4n) is 2.12. The summed E-state index contributed by atoms with van der Waals surface area (Å²) in [6, 6.07) is 11.0. The number of para-hydroxylation sites is 1. The van der Waals surface area contributed by atoms with Crippen LogP contribution in [0.15, 0.2) is 47.6 Å². The van der Waals surface area contributed by atoms with E-state index in [2.05, 4.69) is 15.8 Å². The van der Waals surface area contributed by atoms with Gasteiger partial charge in [0.05, 0.1) is 17.5 Å². The maximum Gasteiger partial charge on any atom is 0.418 e. The number of hydrogen-bond acceptors (Lipinski definition) is 2. The Hall–Kier alpha value is -2.41. The summed E-state index contributed by atoms with van der Waals surface area (Å²) < 4.78 is 38.7. The van der Waals surface area contributed by atoms with Gasteiger partial charge in [-0.2, -0.15) is 18.3 Å². The van der Waals surface area contributed by atoms with Crippen LogP contribution in [0.2, 0.25) is 0 Å². The first-order valence-corrected chi connectivity index (χ1v) is 7.52. The van der Waals surface area contributed by atoms with Gasteiger partial charge in [0.25, 0.3) is 0 Å². The molecule has 2 aromatic rings. The van der Waals surface area contributed by atoms with Crippen LogP contribution in [0.5, 0.6) is 0 Å². The summed E-state index contributed by atoms with van der Waals surface area (Å²) in [5.74, 6) is 0. The predicted molar refractivity (Wildman–Crippen MR) is 94.3 cm³/mol. The number of thiocarbonyl (C=S) groups is 1. The summed E-state index contributed by atoms with van der Waals surface area (Å²) in [7, 11) is 0. The van der Waals surface area contributed by atoms with Crippen molar-refractivity contribution < 1.29 is 13.2 Å². The van der Waals surface area contributed by atoms with Gasteiger partial charge in [0.2, 0.25) is 0 Å². The van der Waals surface area contributed by atoms with E-state index in [0.717, 1.165) is 22.8 Å². The van der Waals surface area contributed by atoms with Crippen LogP contribution in [-0.4, -0.2) is 11.3 Å². The molecule has 0 atom stereocenters. The van der Waals surface area contributed by atoms with Crippen molar-refractivity contribution in [3.05, 3.63) is 64.7 Å². The third-order valence-electron chi connectivity index (χ3n) is 3.28. The Morgan fingerprint density at radius 3 is 2.50 bits per heavy atom. The van der Waals surface area contributed by atoms with Crippen LogP contribution in [0.3, 0.4) is 0 Å². The quantitative estimate of drug-likeness (QED) is 0.480. The van der Waals surface area contributed by atoms with E-state index in [9.17, 15) is 13.2 Å². The van der Waals surface area contributed by atoms with Crippen LogP contribution < -0.4 is 10.7 Å². The highest BCUT2D eigenvalue weighted by Crippen LogP contribution is 2.34. The highest BCUT2D eigenvalue weighted by Gasteiger charge is 2.33. The molecule has 2 aromatic carbocycles. The van der Waals surface area contributed by atoms with E-state index in [1.165, 1.54) is 18.2 Å².